The Morgan fingerprint density at radius 2 is 2.25 bits per heavy atom. The highest BCUT2D eigenvalue weighted by Gasteiger charge is 2.37. The molecule has 2 aromatic rings. The maximum absolute atomic E-state index is 12.8. The Morgan fingerprint density at radius 1 is 1.42 bits per heavy atom. The molecule has 2 aliphatic rings. The highest BCUT2D eigenvalue weighted by atomic mass is 16.5. The van der Waals surface area contributed by atoms with Gasteiger partial charge in [-0.3, -0.25) is 9.89 Å². The highest BCUT2D eigenvalue weighted by molar-refractivity contribution is 5.94. The molecule has 2 aromatic heterocycles. The number of aromatic nitrogens is 3. The summed E-state index contributed by atoms with van der Waals surface area (Å²) in [5.41, 5.74) is 3.52. The van der Waals surface area contributed by atoms with Gasteiger partial charge in [-0.2, -0.15) is 5.10 Å². The number of hydrogen-bond donors (Lipinski definition) is 2. The molecule has 1 aliphatic heterocycles. The first kappa shape index (κ1) is 15.4. The number of carbonyl (C=O) groups excluding carboxylic acids is 1. The van der Waals surface area contributed by atoms with Crippen molar-refractivity contribution < 1.29 is 14.4 Å². The lowest BCUT2D eigenvalue weighted by Gasteiger charge is -2.16. The summed E-state index contributed by atoms with van der Waals surface area (Å²) >= 11 is 0. The maximum atomic E-state index is 12.8. The van der Waals surface area contributed by atoms with E-state index < -0.39 is 6.10 Å². The number of fused-ring (bicyclic) bond motifs is 1. The second-order valence-corrected chi connectivity index (χ2v) is 6.91. The Labute approximate surface area is 140 Å². The van der Waals surface area contributed by atoms with E-state index in [4.69, 9.17) is 4.52 Å². The summed E-state index contributed by atoms with van der Waals surface area (Å²) in [6.45, 7) is 2.73. The van der Waals surface area contributed by atoms with E-state index in [1.165, 1.54) is 0 Å². The lowest BCUT2D eigenvalue weighted by Crippen LogP contribution is -2.30. The molecule has 0 radical (unpaired) electrons. The lowest BCUT2D eigenvalue weighted by atomic mass is 9.95. The first-order valence-corrected chi connectivity index (χ1v) is 8.57. The van der Waals surface area contributed by atoms with Crippen molar-refractivity contribution in [2.75, 3.05) is 13.1 Å². The Bertz CT molecular complexity index is 751. The number of H-pyrrole nitrogens is 1. The summed E-state index contributed by atoms with van der Waals surface area (Å²) < 4.78 is 5.23. The summed E-state index contributed by atoms with van der Waals surface area (Å²) in [4.78, 5) is 14.5. The van der Waals surface area contributed by atoms with Crippen LogP contribution < -0.4 is 0 Å². The molecule has 0 bridgehead atoms. The van der Waals surface area contributed by atoms with E-state index in [9.17, 15) is 9.90 Å². The molecular formula is C17H22N4O3. The third-order valence-corrected chi connectivity index (χ3v) is 5.09. The summed E-state index contributed by atoms with van der Waals surface area (Å²) in [7, 11) is 0. The molecular weight excluding hydrogens is 308 g/mol. The number of rotatable bonds is 3. The molecule has 0 spiro atoms. The van der Waals surface area contributed by atoms with Gasteiger partial charge in [0.1, 0.15) is 5.76 Å². The van der Waals surface area contributed by atoms with Crippen LogP contribution >= 0.6 is 0 Å². The Hall–Kier alpha value is -2.15. The molecule has 0 aromatic carbocycles. The van der Waals surface area contributed by atoms with Gasteiger partial charge < -0.3 is 14.5 Å². The smallest absolute Gasteiger partial charge is 0.274 e. The standard InChI is InChI=1S/C17H22N4O3/c1-10-6-12(24-20-10)7-11-8-21(9-15(11)22)17(23)16-13-4-2-3-5-14(13)18-19-16/h6,11,15,22H,2-5,7-9H2,1H3,(H,18,19)/t11-,15+/m1/s1. The van der Waals surface area contributed by atoms with Crippen LogP contribution in [0.1, 0.15) is 46.0 Å². The number of hydrogen-bond acceptors (Lipinski definition) is 5. The van der Waals surface area contributed by atoms with Crippen LogP contribution in [-0.4, -0.2) is 50.5 Å². The third kappa shape index (κ3) is 2.73. The first-order chi connectivity index (χ1) is 11.6. The predicted octanol–water partition coefficient (Wildman–Crippen LogP) is 1.26. The summed E-state index contributed by atoms with van der Waals surface area (Å²) in [6.07, 6.45) is 4.15. The summed E-state index contributed by atoms with van der Waals surface area (Å²) in [6, 6.07) is 1.88. The van der Waals surface area contributed by atoms with Crippen molar-refractivity contribution in [2.45, 2.75) is 45.1 Å². The normalized spacial score (nSPS) is 23.5. The van der Waals surface area contributed by atoms with E-state index in [1.807, 2.05) is 13.0 Å². The van der Waals surface area contributed by atoms with Crippen LogP contribution in [0.3, 0.4) is 0 Å². The quantitative estimate of drug-likeness (QED) is 0.883. The fraction of sp³-hybridized carbons (Fsp3) is 0.588. The summed E-state index contributed by atoms with van der Waals surface area (Å²) in [5, 5.41) is 21.5. The van der Waals surface area contributed by atoms with E-state index >= 15 is 0 Å². The highest BCUT2D eigenvalue weighted by Crippen LogP contribution is 2.27. The van der Waals surface area contributed by atoms with Gasteiger partial charge in [0.2, 0.25) is 0 Å². The number of likely N-dealkylation sites (tertiary alicyclic amines) is 1. The van der Waals surface area contributed by atoms with Crippen molar-refractivity contribution >= 4 is 5.91 Å². The molecule has 0 unspecified atom stereocenters. The van der Waals surface area contributed by atoms with Crippen molar-refractivity contribution in [3.63, 3.8) is 0 Å². The largest absolute Gasteiger partial charge is 0.391 e. The molecule has 4 rings (SSSR count). The number of aryl methyl sites for hydroxylation is 2. The molecule has 7 heteroatoms. The lowest BCUT2D eigenvalue weighted by molar-refractivity contribution is 0.0757. The van der Waals surface area contributed by atoms with E-state index in [2.05, 4.69) is 15.4 Å². The van der Waals surface area contributed by atoms with Gasteiger partial charge >= 0.3 is 0 Å². The minimum absolute atomic E-state index is 0.0314. The second-order valence-electron chi connectivity index (χ2n) is 6.91. The third-order valence-electron chi connectivity index (χ3n) is 5.09. The number of nitrogens with one attached hydrogen (secondary N) is 1. The number of carbonyl (C=O) groups is 1. The Balaban J connectivity index is 1.47. The Kier molecular flexibility index (Phi) is 3.88. The van der Waals surface area contributed by atoms with Crippen LogP contribution in [0.25, 0.3) is 0 Å². The van der Waals surface area contributed by atoms with Crippen molar-refractivity contribution in [3.8, 4) is 0 Å². The van der Waals surface area contributed by atoms with Crippen LogP contribution in [-0.2, 0) is 19.3 Å². The molecule has 24 heavy (non-hydrogen) atoms. The molecule has 1 aliphatic carbocycles. The number of aliphatic hydroxyl groups excluding tert-OH is 1. The number of nitrogens with zero attached hydrogens (tertiary/aromatic N) is 3. The topological polar surface area (TPSA) is 95.2 Å². The number of aliphatic hydroxyl groups is 1. The van der Waals surface area contributed by atoms with Gasteiger partial charge in [-0.1, -0.05) is 5.16 Å². The fourth-order valence-corrected chi connectivity index (χ4v) is 3.80. The van der Waals surface area contributed by atoms with Crippen LogP contribution in [0.5, 0.6) is 0 Å². The molecule has 0 saturated carbocycles. The van der Waals surface area contributed by atoms with Crippen LogP contribution in [0.2, 0.25) is 0 Å². The molecule has 3 heterocycles. The van der Waals surface area contributed by atoms with Gasteiger partial charge in [0, 0.05) is 42.8 Å². The molecule has 128 valence electrons. The SMILES string of the molecule is Cc1cc(C[C@@H]2CN(C(=O)c3n[nH]c4c3CCCC4)C[C@@H]2O)on1. The van der Waals surface area contributed by atoms with Gasteiger partial charge in [-0.25, -0.2) is 0 Å². The van der Waals surface area contributed by atoms with Crippen molar-refractivity contribution in [1.29, 1.82) is 0 Å². The van der Waals surface area contributed by atoms with E-state index in [1.54, 1.807) is 4.90 Å². The van der Waals surface area contributed by atoms with Crippen molar-refractivity contribution in [2.24, 2.45) is 5.92 Å². The zero-order chi connectivity index (χ0) is 16.7. The van der Waals surface area contributed by atoms with Gasteiger partial charge in [0.15, 0.2) is 5.69 Å². The van der Waals surface area contributed by atoms with Gasteiger partial charge in [0.25, 0.3) is 5.91 Å². The predicted molar refractivity (Wildman–Crippen MR) is 85.6 cm³/mol. The average Bonchev–Trinajstić information content (AvgIpc) is 3.27. The maximum Gasteiger partial charge on any atom is 0.274 e. The Morgan fingerprint density at radius 3 is 3.04 bits per heavy atom. The van der Waals surface area contributed by atoms with Crippen molar-refractivity contribution in [3.05, 3.63) is 34.5 Å². The minimum Gasteiger partial charge on any atom is -0.391 e. The van der Waals surface area contributed by atoms with Crippen LogP contribution in [0.15, 0.2) is 10.6 Å². The van der Waals surface area contributed by atoms with Crippen LogP contribution in [0, 0.1) is 12.8 Å². The van der Waals surface area contributed by atoms with Gasteiger partial charge in [0.05, 0.1) is 11.8 Å². The average molecular weight is 330 g/mol. The van der Waals surface area contributed by atoms with Crippen molar-refractivity contribution in [1.82, 2.24) is 20.3 Å². The number of aromatic amines is 1. The zero-order valence-corrected chi connectivity index (χ0v) is 13.8. The molecule has 2 N–H and O–H groups in total. The van der Waals surface area contributed by atoms with Crippen LogP contribution in [0.4, 0.5) is 0 Å². The minimum atomic E-state index is -0.547. The monoisotopic (exact) mass is 330 g/mol. The van der Waals surface area contributed by atoms with Gasteiger partial charge in [-0.15, -0.1) is 0 Å². The number of β-amino-alcohol motifs (C(OH)–C–C–N with tert-alkyl or cyclic N) is 1. The second kappa shape index (κ2) is 6.05. The molecule has 1 saturated heterocycles. The molecule has 1 amide bonds. The molecule has 7 nitrogen and oxygen atoms in total. The van der Waals surface area contributed by atoms with E-state index in [-0.39, 0.29) is 11.8 Å². The summed E-state index contributed by atoms with van der Waals surface area (Å²) in [5.74, 6) is 0.642. The molecule has 2 atom stereocenters. The zero-order valence-electron chi connectivity index (χ0n) is 13.8. The number of amides is 1. The van der Waals surface area contributed by atoms with E-state index in [0.717, 1.165) is 48.4 Å². The van der Waals surface area contributed by atoms with Gasteiger partial charge in [-0.05, 0) is 32.6 Å². The van der Waals surface area contributed by atoms with E-state index in [0.29, 0.717) is 25.2 Å². The fourth-order valence-electron chi connectivity index (χ4n) is 3.80. The molecule has 1 fully saturated rings. The first-order valence-electron chi connectivity index (χ1n) is 8.57.